The van der Waals surface area contributed by atoms with Crippen LogP contribution in [0, 0.1) is 11.6 Å². The number of hydrogen-bond acceptors (Lipinski definition) is 3. The number of likely N-dealkylation sites (N-methyl/N-ethyl adjacent to an activating group) is 1. The number of carbonyl (C=O) groups excluding carboxylic acids is 1. The SMILES string of the molecule is CN(C)[C@@H](CNC(=O)c1ccn[nH]1)c1c(F)cccc1F. The van der Waals surface area contributed by atoms with Gasteiger partial charge in [-0.2, -0.15) is 5.10 Å². The molecule has 1 aromatic heterocycles. The maximum Gasteiger partial charge on any atom is 0.269 e. The summed E-state index contributed by atoms with van der Waals surface area (Å²) in [4.78, 5) is 13.5. The lowest BCUT2D eigenvalue weighted by atomic mass is 10.0. The van der Waals surface area contributed by atoms with Gasteiger partial charge in [-0.15, -0.1) is 0 Å². The molecule has 0 unspecified atom stereocenters. The summed E-state index contributed by atoms with van der Waals surface area (Å²) in [7, 11) is 3.39. The summed E-state index contributed by atoms with van der Waals surface area (Å²) in [5.74, 6) is -1.65. The number of halogens is 2. The molecule has 1 amide bonds. The monoisotopic (exact) mass is 294 g/mol. The Morgan fingerprint density at radius 2 is 2.00 bits per heavy atom. The number of nitrogens with zero attached hydrogens (tertiary/aromatic N) is 2. The van der Waals surface area contributed by atoms with E-state index in [2.05, 4.69) is 15.5 Å². The Hall–Kier alpha value is -2.28. The predicted molar refractivity (Wildman–Crippen MR) is 73.7 cm³/mol. The first kappa shape index (κ1) is 15.1. The van der Waals surface area contributed by atoms with Crippen molar-refractivity contribution in [3.05, 3.63) is 53.4 Å². The van der Waals surface area contributed by atoms with Gasteiger partial charge in [0.2, 0.25) is 0 Å². The largest absolute Gasteiger partial charge is 0.349 e. The van der Waals surface area contributed by atoms with Gasteiger partial charge in [-0.3, -0.25) is 9.89 Å². The van der Waals surface area contributed by atoms with E-state index in [0.717, 1.165) is 0 Å². The molecule has 0 bridgehead atoms. The molecule has 1 atom stereocenters. The van der Waals surface area contributed by atoms with Crippen molar-refractivity contribution in [1.82, 2.24) is 20.4 Å². The number of aromatic amines is 1. The number of aromatic nitrogens is 2. The number of benzene rings is 1. The van der Waals surface area contributed by atoms with Crippen molar-refractivity contribution < 1.29 is 13.6 Å². The van der Waals surface area contributed by atoms with E-state index in [0.29, 0.717) is 5.69 Å². The van der Waals surface area contributed by atoms with Gasteiger partial charge in [0, 0.05) is 18.3 Å². The van der Waals surface area contributed by atoms with Crippen molar-refractivity contribution in [2.45, 2.75) is 6.04 Å². The fourth-order valence-corrected chi connectivity index (χ4v) is 2.04. The Bertz CT molecular complexity index is 593. The number of amides is 1. The molecule has 7 heteroatoms. The van der Waals surface area contributed by atoms with Crippen LogP contribution in [0.25, 0.3) is 0 Å². The van der Waals surface area contributed by atoms with E-state index in [4.69, 9.17) is 0 Å². The van der Waals surface area contributed by atoms with Crippen LogP contribution in [0.1, 0.15) is 22.1 Å². The number of carbonyl (C=O) groups is 1. The molecule has 1 heterocycles. The second-order valence-corrected chi connectivity index (χ2v) is 4.80. The van der Waals surface area contributed by atoms with Gasteiger partial charge in [-0.1, -0.05) is 6.07 Å². The van der Waals surface area contributed by atoms with E-state index in [1.165, 1.54) is 30.5 Å². The van der Waals surface area contributed by atoms with Crippen LogP contribution in [-0.4, -0.2) is 41.6 Å². The molecule has 0 fully saturated rings. The van der Waals surface area contributed by atoms with E-state index in [9.17, 15) is 13.6 Å². The van der Waals surface area contributed by atoms with Gasteiger partial charge in [-0.05, 0) is 32.3 Å². The van der Waals surface area contributed by atoms with Crippen LogP contribution in [0.4, 0.5) is 8.78 Å². The van der Waals surface area contributed by atoms with Gasteiger partial charge in [0.05, 0.1) is 6.04 Å². The molecule has 0 aliphatic carbocycles. The zero-order chi connectivity index (χ0) is 15.4. The first-order chi connectivity index (χ1) is 10.0. The third-order valence-corrected chi connectivity index (χ3v) is 3.16. The second-order valence-electron chi connectivity index (χ2n) is 4.80. The molecule has 0 aliphatic heterocycles. The van der Waals surface area contributed by atoms with Crippen molar-refractivity contribution in [3.8, 4) is 0 Å². The lowest BCUT2D eigenvalue weighted by Gasteiger charge is -2.25. The van der Waals surface area contributed by atoms with Gasteiger partial charge in [0.25, 0.3) is 5.91 Å². The summed E-state index contributed by atoms with van der Waals surface area (Å²) < 4.78 is 27.7. The molecule has 2 aromatic rings. The van der Waals surface area contributed by atoms with Crippen molar-refractivity contribution in [2.75, 3.05) is 20.6 Å². The fourth-order valence-electron chi connectivity index (χ4n) is 2.04. The quantitative estimate of drug-likeness (QED) is 0.882. The van der Waals surface area contributed by atoms with Crippen molar-refractivity contribution in [2.24, 2.45) is 0 Å². The second kappa shape index (κ2) is 6.45. The molecule has 2 N–H and O–H groups in total. The van der Waals surface area contributed by atoms with Crippen LogP contribution in [0.5, 0.6) is 0 Å². The number of H-pyrrole nitrogens is 1. The molecule has 2 rings (SSSR count). The lowest BCUT2D eigenvalue weighted by molar-refractivity contribution is 0.0935. The number of hydrogen-bond donors (Lipinski definition) is 2. The van der Waals surface area contributed by atoms with Crippen LogP contribution >= 0.6 is 0 Å². The van der Waals surface area contributed by atoms with E-state index in [1.54, 1.807) is 19.0 Å². The molecule has 0 saturated heterocycles. The third kappa shape index (κ3) is 3.43. The van der Waals surface area contributed by atoms with Crippen LogP contribution in [0.15, 0.2) is 30.5 Å². The van der Waals surface area contributed by atoms with Crippen LogP contribution in [0.2, 0.25) is 0 Å². The maximum absolute atomic E-state index is 13.9. The summed E-state index contributed by atoms with van der Waals surface area (Å²) in [6.45, 7) is 0.0721. The Kier molecular flexibility index (Phi) is 4.64. The van der Waals surface area contributed by atoms with Crippen LogP contribution < -0.4 is 5.32 Å². The molecule has 0 spiro atoms. The predicted octanol–water partition coefficient (Wildman–Crippen LogP) is 1.72. The van der Waals surface area contributed by atoms with E-state index in [1.807, 2.05) is 0 Å². The molecule has 0 aliphatic rings. The van der Waals surface area contributed by atoms with Gasteiger partial charge < -0.3 is 10.2 Å². The molecular formula is C14H16F2N4O. The van der Waals surface area contributed by atoms with Crippen molar-refractivity contribution in [1.29, 1.82) is 0 Å². The maximum atomic E-state index is 13.9. The first-order valence-electron chi connectivity index (χ1n) is 6.38. The molecule has 5 nitrogen and oxygen atoms in total. The van der Waals surface area contributed by atoms with Gasteiger partial charge in [0.15, 0.2) is 0 Å². The summed E-state index contributed by atoms with van der Waals surface area (Å²) in [5, 5.41) is 8.84. The highest BCUT2D eigenvalue weighted by Crippen LogP contribution is 2.23. The van der Waals surface area contributed by atoms with E-state index >= 15 is 0 Å². The summed E-state index contributed by atoms with van der Waals surface area (Å²) >= 11 is 0. The topological polar surface area (TPSA) is 61.0 Å². The van der Waals surface area contributed by atoms with Gasteiger partial charge in [0.1, 0.15) is 17.3 Å². The summed E-state index contributed by atoms with van der Waals surface area (Å²) in [6.07, 6.45) is 1.45. The molecule has 0 saturated carbocycles. The third-order valence-electron chi connectivity index (χ3n) is 3.16. The van der Waals surface area contributed by atoms with Crippen molar-refractivity contribution in [3.63, 3.8) is 0 Å². The van der Waals surface area contributed by atoms with E-state index in [-0.39, 0.29) is 18.0 Å². The average molecular weight is 294 g/mol. The first-order valence-corrected chi connectivity index (χ1v) is 6.38. The zero-order valence-corrected chi connectivity index (χ0v) is 11.7. The fraction of sp³-hybridized carbons (Fsp3) is 0.286. The number of rotatable bonds is 5. The standard InChI is InChI=1S/C14H16F2N4O/c1-20(2)12(13-9(15)4-3-5-10(13)16)8-17-14(21)11-6-7-18-19-11/h3-7,12H,8H2,1-2H3,(H,17,21)(H,18,19)/t12-/m0/s1. The van der Waals surface area contributed by atoms with Crippen LogP contribution in [0.3, 0.4) is 0 Å². The zero-order valence-electron chi connectivity index (χ0n) is 11.7. The van der Waals surface area contributed by atoms with Gasteiger partial charge in [-0.25, -0.2) is 8.78 Å². The van der Waals surface area contributed by atoms with E-state index < -0.39 is 17.7 Å². The molecule has 112 valence electrons. The minimum atomic E-state index is -0.635. The van der Waals surface area contributed by atoms with Gasteiger partial charge >= 0.3 is 0 Å². The Morgan fingerprint density at radius 3 is 2.52 bits per heavy atom. The molecule has 21 heavy (non-hydrogen) atoms. The highest BCUT2D eigenvalue weighted by molar-refractivity contribution is 5.92. The smallest absolute Gasteiger partial charge is 0.269 e. The minimum Gasteiger partial charge on any atom is -0.349 e. The van der Waals surface area contributed by atoms with Crippen LogP contribution in [-0.2, 0) is 0 Å². The highest BCUT2D eigenvalue weighted by Gasteiger charge is 2.23. The normalized spacial score (nSPS) is 12.4. The molecule has 1 aromatic carbocycles. The summed E-state index contributed by atoms with van der Waals surface area (Å²) in [5.41, 5.74) is 0.230. The molecular weight excluding hydrogens is 278 g/mol. The Morgan fingerprint density at radius 1 is 1.33 bits per heavy atom. The highest BCUT2D eigenvalue weighted by atomic mass is 19.1. The number of nitrogens with one attached hydrogen (secondary N) is 2. The average Bonchev–Trinajstić information content (AvgIpc) is 2.95. The minimum absolute atomic E-state index is 0.0626. The summed E-state index contributed by atoms with van der Waals surface area (Å²) in [6, 6.07) is 4.61. The lowest BCUT2D eigenvalue weighted by Crippen LogP contribution is -2.35. The molecule has 0 radical (unpaired) electrons. The Labute approximate surface area is 121 Å². The Balaban J connectivity index is 2.15. The van der Waals surface area contributed by atoms with Crippen molar-refractivity contribution >= 4 is 5.91 Å².